The van der Waals surface area contributed by atoms with Gasteiger partial charge < -0.3 is 15.8 Å². The summed E-state index contributed by atoms with van der Waals surface area (Å²) >= 11 is 0. The first kappa shape index (κ1) is 15.3. The lowest BCUT2D eigenvalue weighted by molar-refractivity contribution is 0.0439. The van der Waals surface area contributed by atoms with Crippen LogP contribution in [0.15, 0.2) is 0 Å². The Balaban J connectivity index is 2.59. The number of nitrogens with two attached hydrogens (primary N) is 1. The van der Waals surface area contributed by atoms with Crippen LogP contribution in [0.1, 0.15) is 65.7 Å². The minimum Gasteiger partial charge on any atom is -0.444 e. The number of hydrogen-bond acceptors (Lipinski definition) is 3. The van der Waals surface area contributed by atoms with Crippen molar-refractivity contribution in [1.82, 2.24) is 5.32 Å². The molecule has 1 amide bonds. The second-order valence-corrected chi connectivity index (χ2v) is 6.38. The third kappa shape index (κ3) is 5.25. The van der Waals surface area contributed by atoms with Crippen molar-refractivity contribution in [2.45, 2.75) is 76.9 Å². The molecule has 4 nitrogen and oxygen atoms in total. The second-order valence-electron chi connectivity index (χ2n) is 6.38. The van der Waals surface area contributed by atoms with Crippen molar-refractivity contribution in [3.8, 4) is 0 Å². The Morgan fingerprint density at radius 3 is 2.11 bits per heavy atom. The van der Waals surface area contributed by atoms with E-state index in [2.05, 4.69) is 5.32 Å². The van der Waals surface area contributed by atoms with Gasteiger partial charge in [0.2, 0.25) is 0 Å². The summed E-state index contributed by atoms with van der Waals surface area (Å²) < 4.78 is 5.33. The molecule has 1 aliphatic rings. The maximum absolute atomic E-state index is 11.9. The molecule has 1 fully saturated rings. The first-order chi connectivity index (χ1) is 8.37. The third-order valence-corrected chi connectivity index (χ3v) is 3.47. The summed E-state index contributed by atoms with van der Waals surface area (Å²) in [5, 5.41) is 3.02. The Hall–Kier alpha value is -0.770. The second kappa shape index (κ2) is 6.41. The molecule has 4 heteroatoms. The van der Waals surface area contributed by atoms with Crippen LogP contribution in [0.5, 0.6) is 0 Å². The number of carbonyl (C=O) groups excluding carboxylic acids is 1. The number of alkyl carbamates (subject to hydrolysis) is 1. The van der Waals surface area contributed by atoms with Gasteiger partial charge >= 0.3 is 6.09 Å². The van der Waals surface area contributed by atoms with E-state index in [1.54, 1.807) is 0 Å². The van der Waals surface area contributed by atoms with Gasteiger partial charge in [-0.25, -0.2) is 4.79 Å². The predicted molar refractivity (Wildman–Crippen MR) is 73.5 cm³/mol. The van der Waals surface area contributed by atoms with Crippen LogP contribution in [0.4, 0.5) is 4.79 Å². The van der Waals surface area contributed by atoms with Crippen LogP contribution in [0.3, 0.4) is 0 Å². The fraction of sp³-hybridized carbons (Fsp3) is 0.929. The Kier molecular flexibility index (Phi) is 5.45. The van der Waals surface area contributed by atoms with Crippen molar-refractivity contribution in [2.24, 2.45) is 5.73 Å². The summed E-state index contributed by atoms with van der Waals surface area (Å²) in [4.78, 5) is 11.9. The summed E-state index contributed by atoms with van der Waals surface area (Å²) in [6, 6.07) is 0. The maximum Gasteiger partial charge on any atom is 0.408 e. The monoisotopic (exact) mass is 256 g/mol. The fourth-order valence-electron chi connectivity index (χ4n) is 2.48. The van der Waals surface area contributed by atoms with Crippen LogP contribution in [0.25, 0.3) is 0 Å². The van der Waals surface area contributed by atoms with Gasteiger partial charge in [-0.3, -0.25) is 0 Å². The first-order valence-electron chi connectivity index (χ1n) is 7.08. The number of hydrogen-bond donors (Lipinski definition) is 2. The number of rotatable bonds is 2. The van der Waals surface area contributed by atoms with Crippen LogP contribution in [0, 0.1) is 0 Å². The minimum atomic E-state index is -0.457. The van der Waals surface area contributed by atoms with Crippen molar-refractivity contribution < 1.29 is 9.53 Å². The number of nitrogens with one attached hydrogen (secondary N) is 1. The van der Waals surface area contributed by atoms with Gasteiger partial charge in [0, 0.05) is 6.54 Å². The molecule has 106 valence electrons. The van der Waals surface area contributed by atoms with Gasteiger partial charge in [0.05, 0.1) is 5.54 Å². The van der Waals surface area contributed by atoms with Crippen LogP contribution < -0.4 is 11.1 Å². The van der Waals surface area contributed by atoms with E-state index >= 15 is 0 Å². The van der Waals surface area contributed by atoms with Gasteiger partial charge in [0.1, 0.15) is 5.60 Å². The molecule has 0 aromatic carbocycles. The number of ether oxygens (including phenoxy) is 1. The van der Waals surface area contributed by atoms with Crippen LogP contribution in [-0.2, 0) is 4.74 Å². The molecule has 0 heterocycles. The summed E-state index contributed by atoms with van der Waals surface area (Å²) in [6.07, 6.45) is 7.61. The molecule has 3 N–H and O–H groups in total. The lowest BCUT2D eigenvalue weighted by Crippen LogP contribution is -2.55. The lowest BCUT2D eigenvalue weighted by Gasteiger charge is -2.36. The smallest absolute Gasteiger partial charge is 0.408 e. The molecular weight excluding hydrogens is 228 g/mol. The highest BCUT2D eigenvalue weighted by molar-refractivity contribution is 5.68. The van der Waals surface area contributed by atoms with Crippen LogP contribution in [0.2, 0.25) is 0 Å². The van der Waals surface area contributed by atoms with E-state index in [4.69, 9.17) is 10.5 Å². The standard InChI is InChI=1S/C14H28N2O2/c1-13(2,3)18-12(17)16-14(11-15)9-7-5-4-6-8-10-14/h4-11,15H2,1-3H3,(H,16,17). The summed E-state index contributed by atoms with van der Waals surface area (Å²) in [7, 11) is 0. The van der Waals surface area contributed by atoms with Gasteiger partial charge in [-0.1, -0.05) is 32.1 Å². The molecule has 1 saturated carbocycles. The number of carbonyl (C=O) groups is 1. The molecule has 0 aromatic heterocycles. The highest BCUT2D eigenvalue weighted by Gasteiger charge is 2.32. The van der Waals surface area contributed by atoms with Crippen LogP contribution in [-0.4, -0.2) is 23.8 Å². The average Bonchev–Trinajstić information content (AvgIpc) is 2.19. The lowest BCUT2D eigenvalue weighted by atomic mass is 9.84. The van der Waals surface area contributed by atoms with E-state index in [1.165, 1.54) is 19.3 Å². The Labute approximate surface area is 111 Å². The van der Waals surface area contributed by atoms with Gasteiger partial charge in [-0.2, -0.15) is 0 Å². The Bertz CT molecular complexity index is 263. The molecule has 0 aliphatic heterocycles. The Morgan fingerprint density at radius 2 is 1.67 bits per heavy atom. The predicted octanol–water partition coefficient (Wildman–Crippen LogP) is 2.95. The molecule has 0 aromatic rings. The summed E-state index contributed by atoms with van der Waals surface area (Å²) in [5.74, 6) is 0. The molecule has 0 bridgehead atoms. The fourth-order valence-corrected chi connectivity index (χ4v) is 2.48. The van der Waals surface area contributed by atoms with E-state index in [1.807, 2.05) is 20.8 Å². The number of amides is 1. The molecule has 0 spiro atoms. The van der Waals surface area contributed by atoms with E-state index in [9.17, 15) is 4.79 Å². The molecule has 0 unspecified atom stereocenters. The highest BCUT2D eigenvalue weighted by Crippen LogP contribution is 2.26. The first-order valence-corrected chi connectivity index (χ1v) is 7.08. The normalized spacial score (nSPS) is 20.7. The average molecular weight is 256 g/mol. The van der Waals surface area contributed by atoms with E-state index in [0.29, 0.717) is 6.54 Å². The van der Waals surface area contributed by atoms with Gasteiger partial charge in [0.15, 0.2) is 0 Å². The molecule has 1 rings (SSSR count). The van der Waals surface area contributed by atoms with Crippen molar-refractivity contribution >= 4 is 6.09 Å². The van der Waals surface area contributed by atoms with Crippen molar-refractivity contribution in [3.05, 3.63) is 0 Å². The summed E-state index contributed by atoms with van der Waals surface area (Å²) in [5.41, 5.74) is 5.18. The van der Waals surface area contributed by atoms with E-state index in [-0.39, 0.29) is 11.6 Å². The zero-order valence-electron chi connectivity index (χ0n) is 12.1. The highest BCUT2D eigenvalue weighted by atomic mass is 16.6. The minimum absolute atomic E-state index is 0.261. The zero-order valence-corrected chi connectivity index (χ0v) is 12.1. The van der Waals surface area contributed by atoms with E-state index in [0.717, 1.165) is 25.7 Å². The van der Waals surface area contributed by atoms with Gasteiger partial charge in [-0.15, -0.1) is 0 Å². The largest absolute Gasteiger partial charge is 0.444 e. The summed E-state index contributed by atoms with van der Waals surface area (Å²) in [6.45, 7) is 6.12. The van der Waals surface area contributed by atoms with Crippen LogP contribution >= 0.6 is 0 Å². The topological polar surface area (TPSA) is 64.3 Å². The van der Waals surface area contributed by atoms with Gasteiger partial charge in [0.25, 0.3) is 0 Å². The van der Waals surface area contributed by atoms with Crippen molar-refractivity contribution in [1.29, 1.82) is 0 Å². The molecule has 0 saturated heterocycles. The quantitative estimate of drug-likeness (QED) is 0.798. The van der Waals surface area contributed by atoms with Crippen molar-refractivity contribution in [2.75, 3.05) is 6.54 Å². The molecule has 18 heavy (non-hydrogen) atoms. The Morgan fingerprint density at radius 1 is 1.17 bits per heavy atom. The molecule has 0 atom stereocenters. The maximum atomic E-state index is 11.9. The van der Waals surface area contributed by atoms with Gasteiger partial charge in [-0.05, 0) is 33.6 Å². The van der Waals surface area contributed by atoms with Crippen molar-refractivity contribution in [3.63, 3.8) is 0 Å². The SMILES string of the molecule is CC(C)(C)OC(=O)NC1(CN)CCCCCCC1. The molecule has 1 aliphatic carbocycles. The third-order valence-electron chi connectivity index (χ3n) is 3.47. The zero-order chi connectivity index (χ0) is 13.6. The molecular formula is C14H28N2O2. The van der Waals surface area contributed by atoms with E-state index < -0.39 is 5.60 Å². The molecule has 0 radical (unpaired) electrons.